The van der Waals surface area contributed by atoms with Crippen LogP contribution in [0.3, 0.4) is 0 Å². The van der Waals surface area contributed by atoms with Gasteiger partial charge in [-0.3, -0.25) is 0 Å². The van der Waals surface area contributed by atoms with Crippen LogP contribution in [0.2, 0.25) is 0 Å². The molecule has 0 saturated carbocycles. The number of nitrogens with zero attached hydrogens (tertiary/aromatic N) is 2. The van der Waals surface area contributed by atoms with Crippen LogP contribution in [0.15, 0.2) is 18.2 Å². The SMILES string of the molecule is CCCc1nc(-c2ccc3c(c2)CCN3C)sc1C(=O)O. The number of hydrogen-bond acceptors (Lipinski definition) is 4. The molecule has 1 aromatic heterocycles. The van der Waals surface area contributed by atoms with Gasteiger partial charge in [0.1, 0.15) is 9.88 Å². The number of carboxylic acids is 1. The monoisotopic (exact) mass is 302 g/mol. The maximum Gasteiger partial charge on any atom is 0.347 e. The lowest BCUT2D eigenvalue weighted by molar-refractivity contribution is 0.0700. The molecule has 0 saturated heterocycles. The summed E-state index contributed by atoms with van der Waals surface area (Å²) in [5.41, 5.74) is 4.32. The van der Waals surface area contributed by atoms with Gasteiger partial charge in [-0.25, -0.2) is 9.78 Å². The molecule has 2 aromatic rings. The zero-order valence-corrected chi connectivity index (χ0v) is 13.0. The van der Waals surface area contributed by atoms with Crippen molar-refractivity contribution in [1.29, 1.82) is 0 Å². The highest BCUT2D eigenvalue weighted by atomic mass is 32.1. The first-order valence-corrected chi connectivity index (χ1v) is 7.99. The van der Waals surface area contributed by atoms with E-state index in [1.807, 2.05) is 13.0 Å². The Hall–Kier alpha value is -1.88. The molecule has 0 spiro atoms. The molecule has 21 heavy (non-hydrogen) atoms. The van der Waals surface area contributed by atoms with Crippen molar-refractivity contribution in [2.24, 2.45) is 0 Å². The number of aryl methyl sites for hydroxylation is 1. The first kappa shape index (κ1) is 14.1. The molecule has 0 amide bonds. The molecule has 1 aromatic carbocycles. The second-order valence-electron chi connectivity index (χ2n) is 5.37. The maximum atomic E-state index is 11.3. The van der Waals surface area contributed by atoms with E-state index >= 15 is 0 Å². The van der Waals surface area contributed by atoms with Crippen LogP contribution >= 0.6 is 11.3 Å². The second kappa shape index (κ2) is 5.48. The Morgan fingerprint density at radius 3 is 3.00 bits per heavy atom. The number of carbonyl (C=O) groups is 1. The van der Waals surface area contributed by atoms with Gasteiger partial charge in [-0.1, -0.05) is 13.3 Å². The first-order chi connectivity index (χ1) is 10.1. The third-order valence-corrected chi connectivity index (χ3v) is 4.97. The zero-order chi connectivity index (χ0) is 15.0. The third kappa shape index (κ3) is 2.53. The quantitative estimate of drug-likeness (QED) is 0.940. The second-order valence-corrected chi connectivity index (χ2v) is 6.36. The fraction of sp³-hybridized carbons (Fsp3) is 0.375. The Bertz CT molecular complexity index is 694. The van der Waals surface area contributed by atoms with E-state index in [4.69, 9.17) is 0 Å². The average molecular weight is 302 g/mol. The first-order valence-electron chi connectivity index (χ1n) is 7.17. The summed E-state index contributed by atoms with van der Waals surface area (Å²) in [5, 5.41) is 10.1. The van der Waals surface area contributed by atoms with Crippen molar-refractivity contribution < 1.29 is 9.90 Å². The van der Waals surface area contributed by atoms with Crippen molar-refractivity contribution in [2.45, 2.75) is 26.2 Å². The van der Waals surface area contributed by atoms with Gasteiger partial charge in [0.05, 0.1) is 5.69 Å². The molecule has 0 bridgehead atoms. The van der Waals surface area contributed by atoms with E-state index in [9.17, 15) is 9.90 Å². The number of fused-ring (bicyclic) bond motifs is 1. The summed E-state index contributed by atoms with van der Waals surface area (Å²) in [5.74, 6) is -0.872. The summed E-state index contributed by atoms with van der Waals surface area (Å²) in [7, 11) is 2.09. The normalized spacial score (nSPS) is 13.5. The minimum absolute atomic E-state index is 0.379. The van der Waals surface area contributed by atoms with E-state index in [0.717, 1.165) is 30.0 Å². The van der Waals surface area contributed by atoms with Gasteiger partial charge >= 0.3 is 5.97 Å². The Labute approximate surface area is 128 Å². The van der Waals surface area contributed by atoms with Gasteiger partial charge in [0.15, 0.2) is 0 Å². The molecule has 1 N–H and O–H groups in total. The lowest BCUT2D eigenvalue weighted by Crippen LogP contribution is -2.12. The predicted molar refractivity (Wildman–Crippen MR) is 85.5 cm³/mol. The molecule has 5 heteroatoms. The minimum Gasteiger partial charge on any atom is -0.477 e. The summed E-state index contributed by atoms with van der Waals surface area (Å²) in [4.78, 5) is 18.5. The van der Waals surface area contributed by atoms with Gasteiger partial charge in [-0.05, 0) is 36.6 Å². The number of benzene rings is 1. The highest BCUT2D eigenvalue weighted by Gasteiger charge is 2.20. The summed E-state index contributed by atoms with van der Waals surface area (Å²) in [6.45, 7) is 3.08. The van der Waals surface area contributed by atoms with E-state index < -0.39 is 5.97 Å². The van der Waals surface area contributed by atoms with Gasteiger partial charge < -0.3 is 10.0 Å². The number of thiazole rings is 1. The highest BCUT2D eigenvalue weighted by Crippen LogP contribution is 2.34. The molecule has 1 aliphatic heterocycles. The fourth-order valence-electron chi connectivity index (χ4n) is 2.75. The molecule has 110 valence electrons. The molecule has 1 aliphatic rings. The van der Waals surface area contributed by atoms with Crippen LogP contribution in [-0.4, -0.2) is 29.7 Å². The summed E-state index contributed by atoms with van der Waals surface area (Å²) >= 11 is 1.28. The molecule has 0 unspecified atom stereocenters. The van der Waals surface area contributed by atoms with E-state index in [2.05, 4.69) is 29.1 Å². The molecule has 0 radical (unpaired) electrons. The fourth-order valence-corrected chi connectivity index (χ4v) is 3.70. The van der Waals surface area contributed by atoms with Crippen LogP contribution in [0.1, 0.15) is 34.3 Å². The summed E-state index contributed by atoms with van der Waals surface area (Å²) in [6, 6.07) is 6.30. The van der Waals surface area contributed by atoms with Crippen LogP contribution in [0.5, 0.6) is 0 Å². The largest absolute Gasteiger partial charge is 0.477 e. The van der Waals surface area contributed by atoms with E-state index in [1.165, 1.54) is 22.6 Å². The van der Waals surface area contributed by atoms with Gasteiger partial charge in [0, 0.05) is 24.8 Å². The number of hydrogen-bond donors (Lipinski definition) is 1. The minimum atomic E-state index is -0.872. The molecule has 3 rings (SSSR count). The molecular weight excluding hydrogens is 284 g/mol. The Morgan fingerprint density at radius 2 is 2.29 bits per heavy atom. The summed E-state index contributed by atoms with van der Waals surface area (Å²) < 4.78 is 0. The number of aromatic nitrogens is 1. The number of carboxylic acid groups (broad SMARTS) is 1. The van der Waals surface area contributed by atoms with Crippen LogP contribution < -0.4 is 4.90 Å². The molecule has 0 atom stereocenters. The topological polar surface area (TPSA) is 53.4 Å². The van der Waals surface area contributed by atoms with Crippen LogP contribution in [0.4, 0.5) is 5.69 Å². The molecule has 0 fully saturated rings. The van der Waals surface area contributed by atoms with E-state index in [0.29, 0.717) is 17.0 Å². The van der Waals surface area contributed by atoms with Crippen molar-refractivity contribution in [2.75, 3.05) is 18.5 Å². The lowest BCUT2D eigenvalue weighted by atomic mass is 10.1. The average Bonchev–Trinajstić information content (AvgIpc) is 3.04. The highest BCUT2D eigenvalue weighted by molar-refractivity contribution is 7.17. The number of anilines is 1. The van der Waals surface area contributed by atoms with Gasteiger partial charge in [-0.15, -0.1) is 11.3 Å². The smallest absolute Gasteiger partial charge is 0.347 e. The van der Waals surface area contributed by atoms with Crippen LogP contribution in [-0.2, 0) is 12.8 Å². The van der Waals surface area contributed by atoms with E-state index in [1.54, 1.807) is 0 Å². The van der Waals surface area contributed by atoms with E-state index in [-0.39, 0.29) is 0 Å². The van der Waals surface area contributed by atoms with Crippen molar-refractivity contribution in [3.8, 4) is 10.6 Å². The van der Waals surface area contributed by atoms with Crippen LogP contribution in [0, 0.1) is 0 Å². The predicted octanol–water partition coefficient (Wildman–Crippen LogP) is 3.45. The van der Waals surface area contributed by atoms with Crippen LogP contribution in [0.25, 0.3) is 10.6 Å². The molecule has 4 nitrogen and oxygen atoms in total. The van der Waals surface area contributed by atoms with Crippen molar-refractivity contribution in [3.05, 3.63) is 34.3 Å². The maximum absolute atomic E-state index is 11.3. The molecule has 2 heterocycles. The van der Waals surface area contributed by atoms with Gasteiger partial charge in [-0.2, -0.15) is 0 Å². The standard InChI is InChI=1S/C16H18N2O2S/c1-3-4-12-14(16(19)20)21-15(17-12)11-5-6-13-10(9-11)7-8-18(13)2/h5-6,9H,3-4,7-8H2,1-2H3,(H,19,20). The van der Waals surface area contributed by atoms with Crippen molar-refractivity contribution in [3.63, 3.8) is 0 Å². The number of rotatable bonds is 4. The number of likely N-dealkylation sites (N-methyl/N-ethyl adjacent to an activating group) is 1. The number of aromatic carboxylic acids is 1. The Balaban J connectivity index is 2.01. The van der Waals surface area contributed by atoms with Gasteiger partial charge in [0.2, 0.25) is 0 Å². The third-order valence-electron chi connectivity index (χ3n) is 3.83. The van der Waals surface area contributed by atoms with Crippen molar-refractivity contribution >= 4 is 23.0 Å². The Kier molecular flexibility index (Phi) is 3.68. The van der Waals surface area contributed by atoms with Crippen molar-refractivity contribution in [1.82, 2.24) is 4.98 Å². The molecule has 0 aliphatic carbocycles. The molecular formula is C16H18N2O2S. The lowest BCUT2D eigenvalue weighted by Gasteiger charge is -2.11. The zero-order valence-electron chi connectivity index (χ0n) is 12.2. The summed E-state index contributed by atoms with van der Waals surface area (Å²) in [6.07, 6.45) is 2.66. The Morgan fingerprint density at radius 1 is 1.48 bits per heavy atom. The van der Waals surface area contributed by atoms with Gasteiger partial charge in [0.25, 0.3) is 0 Å².